The van der Waals surface area contributed by atoms with Gasteiger partial charge in [0.1, 0.15) is 12.4 Å². The Kier molecular flexibility index (Phi) is 7.21. The van der Waals surface area contributed by atoms with Gasteiger partial charge in [-0.25, -0.2) is 0 Å². The summed E-state index contributed by atoms with van der Waals surface area (Å²) in [7, 11) is 0. The highest BCUT2D eigenvalue weighted by molar-refractivity contribution is 6.32. The minimum absolute atomic E-state index is 0.494. The van der Waals surface area contributed by atoms with Crippen LogP contribution in [-0.2, 0) is 4.74 Å². The van der Waals surface area contributed by atoms with Crippen molar-refractivity contribution >= 4 is 11.6 Å². The molecule has 0 amide bonds. The molecule has 0 atom stereocenters. The minimum atomic E-state index is 0.494. The molecule has 0 aliphatic carbocycles. The number of halogens is 1. The van der Waals surface area contributed by atoms with Crippen molar-refractivity contribution in [1.82, 2.24) is 5.32 Å². The molecule has 1 aromatic rings. The lowest BCUT2D eigenvalue weighted by Crippen LogP contribution is -2.27. The number of hydrogen-bond donors (Lipinski definition) is 1. The van der Waals surface area contributed by atoms with Crippen molar-refractivity contribution in [1.29, 1.82) is 0 Å². The van der Waals surface area contributed by atoms with E-state index in [0.29, 0.717) is 30.9 Å². The van der Waals surface area contributed by atoms with E-state index in [1.165, 1.54) is 0 Å². The number of benzene rings is 1. The molecule has 0 aliphatic heterocycles. The van der Waals surface area contributed by atoms with Crippen molar-refractivity contribution in [2.75, 3.05) is 26.4 Å². The van der Waals surface area contributed by atoms with Crippen molar-refractivity contribution in [3.63, 3.8) is 0 Å². The largest absolute Gasteiger partial charge is 0.489 e. The summed E-state index contributed by atoms with van der Waals surface area (Å²) in [6.45, 7) is 10.9. The van der Waals surface area contributed by atoms with E-state index in [9.17, 15) is 0 Å². The van der Waals surface area contributed by atoms with Crippen molar-refractivity contribution in [2.45, 2.75) is 33.7 Å². The maximum atomic E-state index is 6.16. The van der Waals surface area contributed by atoms with Crippen LogP contribution in [-0.4, -0.2) is 32.4 Å². The summed E-state index contributed by atoms with van der Waals surface area (Å²) < 4.78 is 11.2. The first-order valence-corrected chi connectivity index (χ1v) is 7.09. The lowest BCUT2D eigenvalue weighted by atomic mass is 10.1. The highest BCUT2D eigenvalue weighted by atomic mass is 35.5. The van der Waals surface area contributed by atoms with Gasteiger partial charge < -0.3 is 14.8 Å². The molecule has 0 aliphatic rings. The number of hydrogen-bond acceptors (Lipinski definition) is 3. The van der Waals surface area contributed by atoms with Gasteiger partial charge in [0, 0.05) is 12.6 Å². The van der Waals surface area contributed by atoms with Crippen LogP contribution in [0.2, 0.25) is 5.02 Å². The van der Waals surface area contributed by atoms with E-state index in [1.807, 2.05) is 19.9 Å². The third kappa shape index (κ3) is 6.28. The molecule has 19 heavy (non-hydrogen) atoms. The molecule has 0 aromatic heterocycles. The van der Waals surface area contributed by atoms with Gasteiger partial charge in [-0.15, -0.1) is 0 Å². The number of ether oxygens (including phenoxy) is 2. The Morgan fingerprint density at radius 1 is 1.16 bits per heavy atom. The fraction of sp³-hybridized carbons (Fsp3) is 0.600. The summed E-state index contributed by atoms with van der Waals surface area (Å²) in [5, 5.41) is 3.96. The smallest absolute Gasteiger partial charge is 0.140 e. The van der Waals surface area contributed by atoms with Crippen LogP contribution in [0.1, 0.15) is 25.0 Å². The first kappa shape index (κ1) is 16.3. The fourth-order valence-corrected chi connectivity index (χ4v) is 2.19. The molecular formula is C15H24ClNO2. The maximum Gasteiger partial charge on any atom is 0.140 e. The van der Waals surface area contributed by atoms with Gasteiger partial charge in [0.25, 0.3) is 0 Å². The van der Waals surface area contributed by atoms with Crippen LogP contribution in [0.15, 0.2) is 12.1 Å². The molecule has 0 unspecified atom stereocenters. The topological polar surface area (TPSA) is 30.5 Å². The Bertz CT molecular complexity index is 371. The van der Waals surface area contributed by atoms with Crippen molar-refractivity contribution in [2.24, 2.45) is 0 Å². The molecule has 1 aromatic carbocycles. The number of rotatable bonds is 8. The zero-order valence-corrected chi connectivity index (χ0v) is 13.0. The van der Waals surface area contributed by atoms with Crippen LogP contribution in [0.3, 0.4) is 0 Å². The first-order valence-electron chi connectivity index (χ1n) is 6.71. The molecule has 1 rings (SSSR count). The molecular weight excluding hydrogens is 262 g/mol. The van der Waals surface area contributed by atoms with Crippen molar-refractivity contribution in [3.05, 3.63) is 28.3 Å². The summed E-state index contributed by atoms with van der Waals surface area (Å²) in [5.41, 5.74) is 2.21. The van der Waals surface area contributed by atoms with Gasteiger partial charge in [-0.3, -0.25) is 0 Å². The van der Waals surface area contributed by atoms with Gasteiger partial charge in [0.05, 0.1) is 18.2 Å². The average Bonchev–Trinajstić information content (AvgIpc) is 2.30. The first-order chi connectivity index (χ1) is 9.00. The van der Waals surface area contributed by atoms with Gasteiger partial charge in [-0.2, -0.15) is 0 Å². The molecule has 108 valence electrons. The van der Waals surface area contributed by atoms with Gasteiger partial charge in [-0.1, -0.05) is 31.5 Å². The minimum Gasteiger partial charge on any atom is -0.489 e. The van der Waals surface area contributed by atoms with Crippen LogP contribution in [0, 0.1) is 13.8 Å². The van der Waals surface area contributed by atoms with Gasteiger partial charge in [0.15, 0.2) is 0 Å². The van der Waals surface area contributed by atoms with Gasteiger partial charge >= 0.3 is 0 Å². The highest BCUT2D eigenvalue weighted by Gasteiger charge is 2.06. The Balaban J connectivity index is 2.23. The zero-order valence-electron chi connectivity index (χ0n) is 12.3. The van der Waals surface area contributed by atoms with Crippen LogP contribution in [0.5, 0.6) is 5.75 Å². The van der Waals surface area contributed by atoms with E-state index in [2.05, 4.69) is 25.2 Å². The Hall–Kier alpha value is -0.770. The predicted molar refractivity (Wildman–Crippen MR) is 80.4 cm³/mol. The highest BCUT2D eigenvalue weighted by Crippen LogP contribution is 2.29. The predicted octanol–water partition coefficient (Wildman–Crippen LogP) is 3.35. The van der Waals surface area contributed by atoms with E-state index in [-0.39, 0.29) is 0 Å². The van der Waals surface area contributed by atoms with E-state index < -0.39 is 0 Å². The van der Waals surface area contributed by atoms with Crippen LogP contribution in [0.4, 0.5) is 0 Å². The Morgan fingerprint density at radius 3 is 2.53 bits per heavy atom. The lowest BCUT2D eigenvalue weighted by Gasteiger charge is -2.12. The molecule has 3 nitrogen and oxygen atoms in total. The molecule has 0 fully saturated rings. The number of aryl methyl sites for hydroxylation is 2. The maximum absolute atomic E-state index is 6.16. The number of nitrogens with one attached hydrogen (secondary N) is 1. The van der Waals surface area contributed by atoms with Gasteiger partial charge in [0.2, 0.25) is 0 Å². The lowest BCUT2D eigenvalue weighted by molar-refractivity contribution is 0.101. The third-order valence-electron chi connectivity index (χ3n) is 2.65. The van der Waals surface area contributed by atoms with Crippen LogP contribution >= 0.6 is 11.6 Å². The molecule has 0 saturated carbocycles. The molecule has 4 heteroatoms. The summed E-state index contributed by atoms with van der Waals surface area (Å²) in [6.07, 6.45) is 0. The normalized spacial score (nSPS) is 11.1. The van der Waals surface area contributed by atoms with E-state index in [4.69, 9.17) is 21.1 Å². The summed E-state index contributed by atoms with van der Waals surface area (Å²) in [6, 6.07) is 4.47. The average molecular weight is 286 g/mol. The van der Waals surface area contributed by atoms with E-state index in [0.717, 1.165) is 23.4 Å². The van der Waals surface area contributed by atoms with Gasteiger partial charge in [-0.05, 0) is 31.0 Å². The standard InChI is InChI=1S/C15H24ClNO2/c1-11(2)17-5-6-18-7-8-19-15-13(4)9-12(3)10-14(15)16/h9-11,17H,5-8H2,1-4H3. The molecule has 0 bridgehead atoms. The Labute approximate surface area is 121 Å². The molecule has 1 N–H and O–H groups in total. The van der Waals surface area contributed by atoms with E-state index >= 15 is 0 Å². The van der Waals surface area contributed by atoms with Crippen molar-refractivity contribution in [3.8, 4) is 5.75 Å². The molecule has 0 heterocycles. The summed E-state index contributed by atoms with van der Waals surface area (Å²) in [4.78, 5) is 0. The molecule has 0 radical (unpaired) electrons. The SMILES string of the molecule is Cc1cc(C)c(OCCOCCNC(C)C)c(Cl)c1. The molecule has 0 saturated heterocycles. The Morgan fingerprint density at radius 2 is 1.89 bits per heavy atom. The monoisotopic (exact) mass is 285 g/mol. The zero-order chi connectivity index (χ0) is 14.3. The third-order valence-corrected chi connectivity index (χ3v) is 2.93. The van der Waals surface area contributed by atoms with Crippen molar-refractivity contribution < 1.29 is 9.47 Å². The quantitative estimate of drug-likeness (QED) is 0.743. The second-order valence-corrected chi connectivity index (χ2v) is 5.37. The van der Waals surface area contributed by atoms with Crippen LogP contribution in [0.25, 0.3) is 0 Å². The van der Waals surface area contributed by atoms with Crippen LogP contribution < -0.4 is 10.1 Å². The summed E-state index contributed by atoms with van der Waals surface area (Å²) in [5.74, 6) is 0.760. The second-order valence-electron chi connectivity index (χ2n) is 4.96. The second kappa shape index (κ2) is 8.41. The summed E-state index contributed by atoms with van der Waals surface area (Å²) >= 11 is 6.16. The molecule has 0 spiro atoms. The van der Waals surface area contributed by atoms with E-state index in [1.54, 1.807) is 0 Å². The fourth-order valence-electron chi connectivity index (χ4n) is 1.81.